The molecule has 5 nitrogen and oxygen atoms in total. The third kappa shape index (κ3) is 3.85. The number of likely N-dealkylation sites (N-methyl/N-ethyl adjacent to an activating group) is 1. The Bertz CT molecular complexity index is 504. The van der Waals surface area contributed by atoms with Gasteiger partial charge in [-0.15, -0.1) is 13.2 Å². The molecule has 0 bridgehead atoms. The van der Waals surface area contributed by atoms with Crippen LogP contribution in [0.4, 0.5) is 13.2 Å². The number of nitrogens with one attached hydrogen (secondary N) is 1. The number of halogens is 3. The van der Waals surface area contributed by atoms with Gasteiger partial charge in [0, 0.05) is 25.7 Å². The summed E-state index contributed by atoms with van der Waals surface area (Å²) in [6.07, 6.45) is -5.42. The van der Waals surface area contributed by atoms with E-state index in [-0.39, 0.29) is 23.3 Å². The summed E-state index contributed by atoms with van der Waals surface area (Å²) in [6.45, 7) is 0.874. The number of carbonyl (C=O) groups is 1. The molecule has 1 saturated heterocycles. The second kappa shape index (κ2) is 5.90. The zero-order chi connectivity index (χ0) is 15.6. The number of alkyl halides is 3. The fourth-order valence-electron chi connectivity index (χ4n) is 2.20. The van der Waals surface area contributed by atoms with E-state index < -0.39 is 12.5 Å². The topological polar surface area (TPSA) is 61.8 Å². The van der Waals surface area contributed by atoms with Crippen LogP contribution in [0.5, 0.6) is 5.75 Å². The second-order valence-corrected chi connectivity index (χ2v) is 4.78. The van der Waals surface area contributed by atoms with Crippen LogP contribution >= 0.6 is 0 Å². The van der Waals surface area contributed by atoms with E-state index in [0.29, 0.717) is 13.1 Å². The van der Waals surface area contributed by atoms with E-state index in [0.717, 1.165) is 12.1 Å². The van der Waals surface area contributed by atoms with Crippen LogP contribution in [0.25, 0.3) is 0 Å². The molecular formula is C13H15F3N2O3. The van der Waals surface area contributed by atoms with E-state index >= 15 is 0 Å². The summed E-state index contributed by atoms with van der Waals surface area (Å²) in [7, 11) is 1.54. The van der Waals surface area contributed by atoms with Gasteiger partial charge < -0.3 is 20.1 Å². The van der Waals surface area contributed by atoms with Crippen molar-refractivity contribution in [1.29, 1.82) is 0 Å². The Labute approximate surface area is 119 Å². The number of carbonyl (C=O) groups excluding carboxylic acids is 1. The molecule has 1 fully saturated rings. The average Bonchev–Trinajstić information content (AvgIpc) is 2.82. The van der Waals surface area contributed by atoms with E-state index in [2.05, 4.69) is 10.1 Å². The standard InChI is InChI=1S/C13H15F3N2O3/c1-18(10-6-17-7-11(10)19)12(20)8-2-4-9(5-3-8)21-13(14,15)16/h2-5,10-11,17,19H,6-7H2,1H3/t10-,11-/m0/s1. The van der Waals surface area contributed by atoms with Crippen molar-refractivity contribution in [2.24, 2.45) is 0 Å². The maximum atomic E-state index is 12.2. The molecule has 1 amide bonds. The van der Waals surface area contributed by atoms with Gasteiger partial charge in [0.05, 0.1) is 12.1 Å². The Hall–Kier alpha value is -1.80. The van der Waals surface area contributed by atoms with Gasteiger partial charge in [-0.2, -0.15) is 0 Å². The number of β-amino-alcohol motifs (C(OH)–C–C–N with tert-alkyl or cyclic N) is 1. The number of ether oxygens (including phenoxy) is 1. The molecule has 8 heteroatoms. The lowest BCUT2D eigenvalue weighted by Gasteiger charge is -2.26. The molecule has 1 aliphatic heterocycles. The Morgan fingerprint density at radius 1 is 1.33 bits per heavy atom. The van der Waals surface area contributed by atoms with Gasteiger partial charge in [0.15, 0.2) is 0 Å². The van der Waals surface area contributed by atoms with Crippen LogP contribution in [-0.2, 0) is 0 Å². The third-order valence-electron chi connectivity index (χ3n) is 3.30. The highest BCUT2D eigenvalue weighted by Gasteiger charge is 2.32. The summed E-state index contributed by atoms with van der Waals surface area (Å²) in [5.41, 5.74) is 0.228. The largest absolute Gasteiger partial charge is 0.573 e. The highest BCUT2D eigenvalue weighted by Crippen LogP contribution is 2.23. The number of hydrogen-bond donors (Lipinski definition) is 2. The van der Waals surface area contributed by atoms with Crippen molar-refractivity contribution in [3.63, 3.8) is 0 Å². The van der Waals surface area contributed by atoms with Gasteiger partial charge in [-0.05, 0) is 24.3 Å². The number of nitrogens with zero attached hydrogens (tertiary/aromatic N) is 1. The molecule has 0 saturated carbocycles. The first kappa shape index (κ1) is 15.6. The minimum Gasteiger partial charge on any atom is -0.406 e. The molecule has 2 N–H and O–H groups in total. The normalized spacial score (nSPS) is 22.1. The zero-order valence-electron chi connectivity index (χ0n) is 11.2. The Morgan fingerprint density at radius 3 is 2.43 bits per heavy atom. The summed E-state index contributed by atoms with van der Waals surface area (Å²) >= 11 is 0. The van der Waals surface area contributed by atoms with Crippen molar-refractivity contribution in [2.75, 3.05) is 20.1 Å². The molecule has 0 aromatic heterocycles. The van der Waals surface area contributed by atoms with Crippen LogP contribution in [0.15, 0.2) is 24.3 Å². The van der Waals surface area contributed by atoms with Gasteiger partial charge in [-0.25, -0.2) is 0 Å². The van der Waals surface area contributed by atoms with Crippen LogP contribution in [-0.4, -0.2) is 54.6 Å². The number of benzene rings is 1. The molecule has 1 aromatic carbocycles. The lowest BCUT2D eigenvalue weighted by Crippen LogP contribution is -2.44. The number of hydrogen-bond acceptors (Lipinski definition) is 4. The van der Waals surface area contributed by atoms with E-state index in [1.54, 1.807) is 7.05 Å². The SMILES string of the molecule is CN(C(=O)c1ccc(OC(F)(F)F)cc1)[C@H]1CNC[C@@H]1O. The molecule has 0 unspecified atom stereocenters. The molecule has 0 aliphatic carbocycles. The zero-order valence-corrected chi connectivity index (χ0v) is 11.2. The van der Waals surface area contributed by atoms with Crippen molar-refractivity contribution in [3.05, 3.63) is 29.8 Å². The van der Waals surface area contributed by atoms with Crippen LogP contribution < -0.4 is 10.1 Å². The smallest absolute Gasteiger partial charge is 0.406 e. The van der Waals surface area contributed by atoms with Crippen LogP contribution in [0.2, 0.25) is 0 Å². The summed E-state index contributed by atoms with van der Waals surface area (Å²) in [6, 6.07) is 4.32. The first-order valence-electron chi connectivity index (χ1n) is 6.29. The van der Waals surface area contributed by atoms with Gasteiger partial charge in [-0.3, -0.25) is 4.79 Å². The molecule has 1 aliphatic rings. The van der Waals surface area contributed by atoms with Crippen molar-refractivity contribution in [2.45, 2.75) is 18.5 Å². The molecule has 1 heterocycles. The molecular weight excluding hydrogens is 289 g/mol. The maximum Gasteiger partial charge on any atom is 0.573 e. The number of aliphatic hydroxyl groups excluding tert-OH is 1. The Balaban J connectivity index is 2.06. The molecule has 0 spiro atoms. The predicted molar refractivity (Wildman–Crippen MR) is 67.9 cm³/mol. The lowest BCUT2D eigenvalue weighted by atomic mass is 10.1. The average molecular weight is 304 g/mol. The van der Waals surface area contributed by atoms with Crippen LogP contribution in [0.3, 0.4) is 0 Å². The quantitative estimate of drug-likeness (QED) is 0.874. The number of amides is 1. The number of aliphatic hydroxyl groups is 1. The van der Waals surface area contributed by atoms with Gasteiger partial charge in [0.25, 0.3) is 5.91 Å². The summed E-state index contributed by atoms with van der Waals surface area (Å²) < 4.78 is 39.9. The monoisotopic (exact) mass is 304 g/mol. The number of rotatable bonds is 3. The van der Waals surface area contributed by atoms with Crippen molar-refractivity contribution in [1.82, 2.24) is 10.2 Å². The third-order valence-corrected chi connectivity index (χ3v) is 3.30. The minimum atomic E-state index is -4.76. The highest BCUT2D eigenvalue weighted by atomic mass is 19.4. The second-order valence-electron chi connectivity index (χ2n) is 4.78. The van der Waals surface area contributed by atoms with E-state index in [1.807, 2.05) is 0 Å². The van der Waals surface area contributed by atoms with Crippen molar-refractivity contribution < 1.29 is 27.8 Å². The Kier molecular flexibility index (Phi) is 4.38. The first-order chi connectivity index (χ1) is 9.78. The molecule has 1 aromatic rings. The summed E-state index contributed by atoms with van der Waals surface area (Å²) in [4.78, 5) is 13.6. The molecule has 116 valence electrons. The van der Waals surface area contributed by atoms with Crippen molar-refractivity contribution >= 4 is 5.91 Å². The van der Waals surface area contributed by atoms with E-state index in [9.17, 15) is 23.1 Å². The Morgan fingerprint density at radius 2 is 1.95 bits per heavy atom. The molecule has 0 radical (unpaired) electrons. The van der Waals surface area contributed by atoms with Gasteiger partial charge >= 0.3 is 6.36 Å². The first-order valence-corrected chi connectivity index (χ1v) is 6.29. The molecule has 2 atom stereocenters. The summed E-state index contributed by atoms with van der Waals surface area (Å²) in [5.74, 6) is -0.759. The highest BCUT2D eigenvalue weighted by molar-refractivity contribution is 5.94. The van der Waals surface area contributed by atoms with Gasteiger partial charge in [-0.1, -0.05) is 0 Å². The molecule has 21 heavy (non-hydrogen) atoms. The maximum absolute atomic E-state index is 12.2. The fraction of sp³-hybridized carbons (Fsp3) is 0.462. The lowest BCUT2D eigenvalue weighted by molar-refractivity contribution is -0.274. The van der Waals surface area contributed by atoms with E-state index in [1.165, 1.54) is 17.0 Å². The minimum absolute atomic E-state index is 0.228. The molecule has 2 rings (SSSR count). The van der Waals surface area contributed by atoms with Crippen molar-refractivity contribution in [3.8, 4) is 5.75 Å². The summed E-state index contributed by atoms with van der Waals surface area (Å²) in [5, 5.41) is 12.7. The van der Waals surface area contributed by atoms with Gasteiger partial charge in [0.2, 0.25) is 0 Å². The fourth-order valence-corrected chi connectivity index (χ4v) is 2.20. The van der Waals surface area contributed by atoms with E-state index in [4.69, 9.17) is 0 Å². The van der Waals surface area contributed by atoms with Gasteiger partial charge in [0.1, 0.15) is 5.75 Å². The predicted octanol–water partition coefficient (Wildman–Crippen LogP) is 0.990. The van der Waals surface area contributed by atoms with Crippen LogP contribution in [0.1, 0.15) is 10.4 Å². The van der Waals surface area contributed by atoms with Crippen LogP contribution in [0, 0.1) is 0 Å².